The molecule has 2 N–H and O–H groups in total. The Kier molecular flexibility index (Phi) is 5.07. The SMILES string of the molecule is CCCC1=C(C(=O)OC)[C@H](c2c(F)cccc2F)NC(=S)N1. The molecule has 1 aromatic rings. The minimum Gasteiger partial charge on any atom is -0.466 e. The minimum absolute atomic E-state index is 0.141. The van der Waals surface area contributed by atoms with Crippen molar-refractivity contribution in [1.29, 1.82) is 0 Å². The molecule has 0 radical (unpaired) electrons. The zero-order chi connectivity index (χ0) is 16.3. The van der Waals surface area contributed by atoms with Crippen LogP contribution >= 0.6 is 12.2 Å². The molecule has 22 heavy (non-hydrogen) atoms. The molecule has 118 valence electrons. The zero-order valence-electron chi connectivity index (χ0n) is 12.2. The van der Waals surface area contributed by atoms with E-state index in [0.29, 0.717) is 12.1 Å². The average molecular weight is 326 g/mol. The van der Waals surface area contributed by atoms with E-state index in [1.165, 1.54) is 13.2 Å². The maximum absolute atomic E-state index is 14.1. The van der Waals surface area contributed by atoms with Gasteiger partial charge in [0.15, 0.2) is 5.11 Å². The van der Waals surface area contributed by atoms with Crippen LogP contribution in [0, 0.1) is 11.6 Å². The second kappa shape index (κ2) is 6.83. The predicted octanol–water partition coefficient (Wildman–Crippen LogP) is 2.71. The highest BCUT2D eigenvalue weighted by Gasteiger charge is 2.34. The standard InChI is InChI=1S/C15H16F2N2O2S/c1-3-5-10-12(14(20)21-2)13(19-15(22)18-10)11-8(16)6-4-7-9(11)17/h4,6-7,13H,3,5H2,1-2H3,(H2,18,19,22)/t13-/m0/s1. The lowest BCUT2D eigenvalue weighted by Crippen LogP contribution is -2.46. The van der Waals surface area contributed by atoms with Gasteiger partial charge >= 0.3 is 5.97 Å². The summed E-state index contributed by atoms with van der Waals surface area (Å²) < 4.78 is 33.0. The second-order valence-corrected chi connectivity index (χ2v) is 5.21. The maximum atomic E-state index is 14.1. The quantitative estimate of drug-likeness (QED) is 0.658. The fourth-order valence-electron chi connectivity index (χ4n) is 2.42. The Hall–Kier alpha value is -2.02. The molecule has 1 aromatic carbocycles. The van der Waals surface area contributed by atoms with Crippen LogP contribution in [-0.2, 0) is 9.53 Å². The third-order valence-corrected chi connectivity index (χ3v) is 3.57. The summed E-state index contributed by atoms with van der Waals surface area (Å²) in [6.45, 7) is 1.92. The number of allylic oxidation sites excluding steroid dienone is 1. The van der Waals surface area contributed by atoms with Crippen molar-refractivity contribution in [2.45, 2.75) is 25.8 Å². The Bertz CT molecular complexity index is 626. The van der Waals surface area contributed by atoms with Crippen molar-refractivity contribution in [2.24, 2.45) is 0 Å². The smallest absolute Gasteiger partial charge is 0.337 e. The molecular weight excluding hydrogens is 310 g/mol. The van der Waals surface area contributed by atoms with Crippen molar-refractivity contribution in [2.75, 3.05) is 7.11 Å². The molecule has 0 aliphatic carbocycles. The van der Waals surface area contributed by atoms with Crippen LogP contribution in [0.25, 0.3) is 0 Å². The number of hydrogen-bond donors (Lipinski definition) is 2. The summed E-state index contributed by atoms with van der Waals surface area (Å²) >= 11 is 5.08. The van der Waals surface area contributed by atoms with E-state index in [-0.39, 0.29) is 16.2 Å². The van der Waals surface area contributed by atoms with Crippen LogP contribution in [-0.4, -0.2) is 18.2 Å². The van der Waals surface area contributed by atoms with Crippen LogP contribution in [0.5, 0.6) is 0 Å². The third kappa shape index (κ3) is 3.09. The molecule has 0 spiro atoms. The van der Waals surface area contributed by atoms with Crippen LogP contribution in [0.15, 0.2) is 29.5 Å². The van der Waals surface area contributed by atoms with Gasteiger partial charge in [0.2, 0.25) is 0 Å². The molecule has 1 aliphatic heterocycles. The minimum atomic E-state index is -1.02. The van der Waals surface area contributed by atoms with Crippen LogP contribution < -0.4 is 10.6 Å². The molecule has 0 fully saturated rings. The van der Waals surface area contributed by atoms with Crippen LogP contribution in [0.2, 0.25) is 0 Å². The van der Waals surface area contributed by atoms with Crippen LogP contribution in [0.1, 0.15) is 31.4 Å². The molecule has 0 saturated carbocycles. The first-order valence-electron chi connectivity index (χ1n) is 6.82. The molecule has 1 atom stereocenters. The van der Waals surface area contributed by atoms with Gasteiger partial charge in [0.25, 0.3) is 0 Å². The zero-order valence-corrected chi connectivity index (χ0v) is 13.0. The van der Waals surface area contributed by atoms with Crippen molar-refractivity contribution < 1.29 is 18.3 Å². The first kappa shape index (κ1) is 16.4. The van der Waals surface area contributed by atoms with Gasteiger partial charge in [-0.1, -0.05) is 19.4 Å². The van der Waals surface area contributed by atoms with E-state index in [4.69, 9.17) is 17.0 Å². The molecule has 0 aromatic heterocycles. The van der Waals surface area contributed by atoms with E-state index in [2.05, 4.69) is 10.6 Å². The number of ether oxygens (including phenoxy) is 1. The van der Waals surface area contributed by atoms with Gasteiger partial charge in [0.1, 0.15) is 11.6 Å². The third-order valence-electron chi connectivity index (χ3n) is 3.35. The van der Waals surface area contributed by atoms with E-state index in [0.717, 1.165) is 18.6 Å². The van der Waals surface area contributed by atoms with E-state index in [1.54, 1.807) is 0 Å². The Balaban J connectivity index is 2.62. The first-order chi connectivity index (χ1) is 10.5. The Labute approximate surface area is 132 Å². The fourth-order valence-corrected chi connectivity index (χ4v) is 2.66. The van der Waals surface area contributed by atoms with Gasteiger partial charge in [0.05, 0.1) is 24.3 Å². The van der Waals surface area contributed by atoms with E-state index >= 15 is 0 Å². The van der Waals surface area contributed by atoms with E-state index in [9.17, 15) is 13.6 Å². The lowest BCUT2D eigenvalue weighted by atomic mass is 9.93. The largest absolute Gasteiger partial charge is 0.466 e. The van der Waals surface area contributed by atoms with Gasteiger partial charge in [-0.25, -0.2) is 13.6 Å². The van der Waals surface area contributed by atoms with Gasteiger partial charge in [-0.2, -0.15) is 0 Å². The fraction of sp³-hybridized carbons (Fsp3) is 0.333. The summed E-state index contributed by atoms with van der Waals surface area (Å²) in [7, 11) is 1.22. The highest BCUT2D eigenvalue weighted by molar-refractivity contribution is 7.80. The number of benzene rings is 1. The van der Waals surface area contributed by atoms with Crippen molar-refractivity contribution in [3.8, 4) is 0 Å². The van der Waals surface area contributed by atoms with Crippen molar-refractivity contribution in [3.63, 3.8) is 0 Å². The van der Waals surface area contributed by atoms with E-state index < -0.39 is 23.6 Å². The number of nitrogens with one attached hydrogen (secondary N) is 2. The van der Waals surface area contributed by atoms with Gasteiger partial charge in [0, 0.05) is 5.70 Å². The van der Waals surface area contributed by atoms with Gasteiger partial charge in [-0.15, -0.1) is 0 Å². The summed E-state index contributed by atoms with van der Waals surface area (Å²) in [5, 5.41) is 5.84. The molecule has 0 bridgehead atoms. The number of thiocarbonyl (C=S) groups is 1. The molecule has 4 nitrogen and oxygen atoms in total. The molecule has 0 saturated heterocycles. The van der Waals surface area contributed by atoms with Crippen molar-refractivity contribution in [1.82, 2.24) is 10.6 Å². The molecule has 0 amide bonds. The molecule has 1 aliphatic rings. The number of carbonyl (C=O) groups is 1. The highest BCUT2D eigenvalue weighted by Crippen LogP contribution is 2.32. The topological polar surface area (TPSA) is 50.4 Å². The summed E-state index contributed by atoms with van der Waals surface area (Å²) in [5.74, 6) is -2.16. The molecule has 0 unspecified atom stereocenters. The molecule has 2 rings (SSSR count). The van der Waals surface area contributed by atoms with Crippen LogP contribution in [0.4, 0.5) is 8.78 Å². The lowest BCUT2D eigenvalue weighted by Gasteiger charge is -2.31. The van der Waals surface area contributed by atoms with Crippen molar-refractivity contribution >= 4 is 23.3 Å². The normalized spacial score (nSPS) is 17.8. The summed E-state index contributed by atoms with van der Waals surface area (Å²) in [6.07, 6.45) is 1.25. The molecular formula is C15H16F2N2O2S. The predicted molar refractivity (Wildman–Crippen MR) is 81.9 cm³/mol. The number of esters is 1. The number of hydrogen-bond acceptors (Lipinski definition) is 3. The number of methoxy groups -OCH3 is 1. The Morgan fingerprint density at radius 2 is 2.00 bits per heavy atom. The number of rotatable bonds is 4. The molecule has 7 heteroatoms. The van der Waals surface area contributed by atoms with Gasteiger partial charge < -0.3 is 15.4 Å². The van der Waals surface area contributed by atoms with Crippen LogP contribution in [0.3, 0.4) is 0 Å². The van der Waals surface area contributed by atoms with Crippen molar-refractivity contribution in [3.05, 3.63) is 46.7 Å². The Morgan fingerprint density at radius 3 is 2.55 bits per heavy atom. The lowest BCUT2D eigenvalue weighted by molar-refractivity contribution is -0.136. The summed E-state index contributed by atoms with van der Waals surface area (Å²) in [6, 6.07) is 2.52. The monoisotopic (exact) mass is 326 g/mol. The van der Waals surface area contributed by atoms with Gasteiger partial charge in [-0.05, 0) is 30.8 Å². The number of carbonyl (C=O) groups excluding carboxylic acids is 1. The van der Waals surface area contributed by atoms with E-state index in [1.807, 2.05) is 6.92 Å². The average Bonchev–Trinajstić information content (AvgIpc) is 2.46. The number of halogens is 2. The first-order valence-corrected chi connectivity index (χ1v) is 7.23. The second-order valence-electron chi connectivity index (χ2n) is 4.80. The summed E-state index contributed by atoms with van der Waals surface area (Å²) in [4.78, 5) is 12.1. The highest BCUT2D eigenvalue weighted by atomic mass is 32.1. The van der Waals surface area contributed by atoms with Gasteiger partial charge in [-0.3, -0.25) is 0 Å². The Morgan fingerprint density at radius 1 is 1.36 bits per heavy atom. The maximum Gasteiger partial charge on any atom is 0.337 e. The molecule has 1 heterocycles. The summed E-state index contributed by atoms with van der Waals surface area (Å²) in [5.41, 5.74) is 0.410.